The Morgan fingerprint density at radius 3 is 1.88 bits per heavy atom. The molecule has 0 aliphatic carbocycles. The van der Waals surface area contributed by atoms with Crippen LogP contribution in [-0.4, -0.2) is 14.9 Å². The zero-order valence-corrected chi connectivity index (χ0v) is 13.1. The lowest BCUT2D eigenvalue weighted by Crippen LogP contribution is -2.37. The molecule has 1 unspecified atom stereocenters. The standard InChI is InChI=1S/C14H32OSi/c1-6-11-12-14(7-2)13-15-16(8-3,9-4)10-5/h14H,6-13H2,1-5H3. The van der Waals surface area contributed by atoms with Gasteiger partial charge in [0.25, 0.3) is 0 Å². The lowest BCUT2D eigenvalue weighted by molar-refractivity contribution is 0.220. The zero-order valence-electron chi connectivity index (χ0n) is 12.1. The molecule has 0 aromatic carbocycles. The second-order valence-electron chi connectivity index (χ2n) is 4.97. The molecule has 1 atom stereocenters. The Morgan fingerprint density at radius 2 is 1.50 bits per heavy atom. The van der Waals surface area contributed by atoms with Crippen LogP contribution in [0, 0.1) is 5.92 Å². The first-order chi connectivity index (χ1) is 7.67. The minimum atomic E-state index is -1.34. The molecule has 0 saturated heterocycles. The fourth-order valence-electron chi connectivity index (χ4n) is 2.25. The molecule has 0 rings (SSSR count). The first-order valence-electron chi connectivity index (χ1n) is 7.31. The van der Waals surface area contributed by atoms with Gasteiger partial charge in [-0.25, -0.2) is 0 Å². The van der Waals surface area contributed by atoms with Crippen LogP contribution in [-0.2, 0) is 4.43 Å². The van der Waals surface area contributed by atoms with Crippen molar-refractivity contribution >= 4 is 8.32 Å². The molecule has 2 heteroatoms. The Balaban J connectivity index is 4.05. The largest absolute Gasteiger partial charge is 0.417 e. The molecule has 98 valence electrons. The summed E-state index contributed by atoms with van der Waals surface area (Å²) < 4.78 is 6.37. The molecule has 0 saturated carbocycles. The molecule has 0 heterocycles. The van der Waals surface area contributed by atoms with Crippen molar-refractivity contribution in [2.24, 2.45) is 5.92 Å². The predicted molar refractivity (Wildman–Crippen MR) is 76.5 cm³/mol. The average molecular weight is 244 g/mol. The van der Waals surface area contributed by atoms with Crippen LogP contribution in [0.15, 0.2) is 0 Å². The Morgan fingerprint density at radius 1 is 0.938 bits per heavy atom. The van der Waals surface area contributed by atoms with Gasteiger partial charge < -0.3 is 4.43 Å². The van der Waals surface area contributed by atoms with Gasteiger partial charge >= 0.3 is 0 Å². The van der Waals surface area contributed by atoms with E-state index in [9.17, 15) is 0 Å². The molecule has 0 aliphatic heterocycles. The van der Waals surface area contributed by atoms with Crippen LogP contribution < -0.4 is 0 Å². The monoisotopic (exact) mass is 244 g/mol. The summed E-state index contributed by atoms with van der Waals surface area (Å²) in [6.45, 7) is 12.5. The molecule has 0 N–H and O–H groups in total. The summed E-state index contributed by atoms with van der Waals surface area (Å²) in [5, 5.41) is 0. The molecule has 16 heavy (non-hydrogen) atoms. The van der Waals surface area contributed by atoms with E-state index in [1.165, 1.54) is 43.8 Å². The third-order valence-electron chi connectivity index (χ3n) is 4.10. The van der Waals surface area contributed by atoms with Crippen LogP contribution >= 0.6 is 0 Å². The van der Waals surface area contributed by atoms with Crippen molar-refractivity contribution in [3.8, 4) is 0 Å². The highest BCUT2D eigenvalue weighted by atomic mass is 28.4. The third kappa shape index (κ3) is 5.49. The summed E-state index contributed by atoms with van der Waals surface area (Å²) in [6.07, 6.45) is 5.31. The van der Waals surface area contributed by atoms with Crippen molar-refractivity contribution in [3.63, 3.8) is 0 Å². The van der Waals surface area contributed by atoms with Crippen LogP contribution in [0.2, 0.25) is 18.1 Å². The van der Waals surface area contributed by atoms with E-state index in [-0.39, 0.29) is 0 Å². The lowest BCUT2D eigenvalue weighted by Gasteiger charge is -2.30. The highest BCUT2D eigenvalue weighted by Gasteiger charge is 2.29. The molecule has 0 radical (unpaired) electrons. The summed E-state index contributed by atoms with van der Waals surface area (Å²) in [5.74, 6) is 0.802. The molecule has 0 amide bonds. The molecular weight excluding hydrogens is 212 g/mol. The maximum Gasteiger partial charge on any atom is 0.191 e. The van der Waals surface area contributed by atoms with Gasteiger partial charge in [0.2, 0.25) is 0 Å². The minimum absolute atomic E-state index is 0.802. The number of unbranched alkanes of at least 4 members (excludes halogenated alkanes) is 1. The molecule has 0 aliphatic rings. The van der Waals surface area contributed by atoms with Crippen molar-refractivity contribution in [3.05, 3.63) is 0 Å². The van der Waals surface area contributed by atoms with E-state index >= 15 is 0 Å². The second-order valence-corrected chi connectivity index (χ2v) is 9.75. The molecule has 0 spiro atoms. The highest BCUT2D eigenvalue weighted by molar-refractivity contribution is 6.73. The van der Waals surface area contributed by atoms with Crippen molar-refractivity contribution in [1.29, 1.82) is 0 Å². The van der Waals surface area contributed by atoms with E-state index in [1.807, 2.05) is 0 Å². The van der Waals surface area contributed by atoms with Crippen LogP contribution in [0.5, 0.6) is 0 Å². The van der Waals surface area contributed by atoms with Gasteiger partial charge in [-0.3, -0.25) is 0 Å². The molecule has 0 aromatic rings. The van der Waals surface area contributed by atoms with Crippen molar-refractivity contribution in [2.45, 2.75) is 78.4 Å². The number of rotatable bonds is 10. The van der Waals surface area contributed by atoms with E-state index in [0.29, 0.717) is 0 Å². The Kier molecular flexibility index (Phi) is 9.33. The fourth-order valence-corrected chi connectivity index (χ4v) is 4.95. The third-order valence-corrected chi connectivity index (χ3v) is 8.75. The second kappa shape index (κ2) is 9.23. The Hall–Kier alpha value is 0.177. The summed E-state index contributed by atoms with van der Waals surface area (Å²) in [4.78, 5) is 0. The van der Waals surface area contributed by atoms with E-state index in [4.69, 9.17) is 4.43 Å². The quantitative estimate of drug-likeness (QED) is 0.478. The van der Waals surface area contributed by atoms with Gasteiger partial charge in [-0.2, -0.15) is 0 Å². The molecule has 1 nitrogen and oxygen atoms in total. The van der Waals surface area contributed by atoms with Crippen molar-refractivity contribution < 1.29 is 4.43 Å². The van der Waals surface area contributed by atoms with Crippen LogP contribution in [0.4, 0.5) is 0 Å². The van der Waals surface area contributed by atoms with Crippen molar-refractivity contribution in [1.82, 2.24) is 0 Å². The van der Waals surface area contributed by atoms with Crippen LogP contribution in [0.25, 0.3) is 0 Å². The Bertz CT molecular complexity index is 147. The predicted octanol–water partition coefficient (Wildman–Crippen LogP) is 5.22. The molecule has 0 aromatic heterocycles. The van der Waals surface area contributed by atoms with Gasteiger partial charge in [-0.15, -0.1) is 0 Å². The lowest BCUT2D eigenvalue weighted by atomic mass is 10.0. The van der Waals surface area contributed by atoms with Gasteiger partial charge in [0.05, 0.1) is 0 Å². The first-order valence-corrected chi connectivity index (χ1v) is 9.84. The van der Waals surface area contributed by atoms with Crippen LogP contribution in [0.1, 0.15) is 60.3 Å². The highest BCUT2D eigenvalue weighted by Crippen LogP contribution is 2.24. The summed E-state index contributed by atoms with van der Waals surface area (Å²) in [5.41, 5.74) is 0. The molecule has 0 bridgehead atoms. The summed E-state index contributed by atoms with van der Waals surface area (Å²) in [6, 6.07) is 3.85. The fraction of sp³-hybridized carbons (Fsp3) is 1.00. The first kappa shape index (κ1) is 16.2. The normalized spacial score (nSPS) is 14.1. The summed E-state index contributed by atoms with van der Waals surface area (Å²) in [7, 11) is -1.34. The number of hydrogen-bond acceptors (Lipinski definition) is 1. The zero-order chi connectivity index (χ0) is 12.4. The smallest absolute Gasteiger partial charge is 0.191 e. The maximum atomic E-state index is 6.37. The van der Waals surface area contributed by atoms with Crippen molar-refractivity contribution in [2.75, 3.05) is 6.61 Å². The Labute approximate surface area is 104 Å². The van der Waals surface area contributed by atoms with E-state index in [0.717, 1.165) is 12.5 Å². The van der Waals surface area contributed by atoms with E-state index in [2.05, 4.69) is 34.6 Å². The summed E-state index contributed by atoms with van der Waals surface area (Å²) >= 11 is 0. The molecular formula is C14H32OSi. The minimum Gasteiger partial charge on any atom is -0.417 e. The maximum absolute atomic E-state index is 6.37. The van der Waals surface area contributed by atoms with Gasteiger partial charge in [0, 0.05) is 6.61 Å². The topological polar surface area (TPSA) is 9.23 Å². The van der Waals surface area contributed by atoms with Gasteiger partial charge in [0.1, 0.15) is 0 Å². The average Bonchev–Trinajstić information content (AvgIpc) is 2.35. The SMILES string of the molecule is CCCCC(CC)CO[Si](CC)(CC)CC. The van der Waals surface area contributed by atoms with Gasteiger partial charge in [-0.1, -0.05) is 53.9 Å². The van der Waals surface area contributed by atoms with E-state index in [1.54, 1.807) is 0 Å². The number of hydrogen-bond donors (Lipinski definition) is 0. The van der Waals surface area contributed by atoms with Gasteiger partial charge in [0.15, 0.2) is 8.32 Å². The van der Waals surface area contributed by atoms with E-state index < -0.39 is 8.32 Å². The van der Waals surface area contributed by atoms with Crippen LogP contribution in [0.3, 0.4) is 0 Å². The molecule has 0 fully saturated rings. The van der Waals surface area contributed by atoms with Gasteiger partial charge in [-0.05, 0) is 30.5 Å².